The summed E-state index contributed by atoms with van der Waals surface area (Å²) < 4.78 is 2.58. The van der Waals surface area contributed by atoms with E-state index in [9.17, 15) is 4.79 Å². The third-order valence-corrected chi connectivity index (χ3v) is 2.07. The first-order valence-corrected chi connectivity index (χ1v) is 4.38. The number of imidazole rings is 1. The lowest BCUT2D eigenvalue weighted by Crippen LogP contribution is -2.27. The van der Waals surface area contributed by atoms with Gasteiger partial charge in [-0.25, -0.2) is 14.2 Å². The van der Waals surface area contributed by atoms with Gasteiger partial charge in [-0.3, -0.25) is 0 Å². The summed E-state index contributed by atoms with van der Waals surface area (Å²) in [6.07, 6.45) is 1.49. The molecule has 0 fully saturated rings. The smallest absolute Gasteiger partial charge is 0.245 e. The molecule has 0 radical (unpaired) electrons. The van der Waals surface area contributed by atoms with Gasteiger partial charge in [-0.2, -0.15) is 4.68 Å². The maximum Gasteiger partial charge on any atom is 0.352 e. The van der Waals surface area contributed by atoms with Crippen LogP contribution < -0.4 is 5.69 Å². The fourth-order valence-electron chi connectivity index (χ4n) is 1.31. The molecule has 0 saturated heterocycles. The topological polar surface area (TPSA) is 65.1 Å². The van der Waals surface area contributed by atoms with Crippen molar-refractivity contribution in [3.63, 3.8) is 0 Å². The highest BCUT2D eigenvalue weighted by Gasteiger charge is 2.12. The van der Waals surface area contributed by atoms with Crippen LogP contribution in [0.3, 0.4) is 0 Å². The Labute approximate surface area is 80.2 Å². The van der Waals surface area contributed by atoms with Crippen LogP contribution >= 0.6 is 0 Å². The molecule has 2 heterocycles. The van der Waals surface area contributed by atoms with Gasteiger partial charge in [0.2, 0.25) is 0 Å². The van der Waals surface area contributed by atoms with Crippen molar-refractivity contribution in [1.82, 2.24) is 24.4 Å². The van der Waals surface area contributed by atoms with Crippen molar-refractivity contribution in [2.75, 3.05) is 0 Å². The normalized spacial score (nSPS) is 11.4. The van der Waals surface area contributed by atoms with Gasteiger partial charge in [0, 0.05) is 7.05 Å². The highest BCUT2D eigenvalue weighted by Crippen LogP contribution is 2.14. The van der Waals surface area contributed by atoms with Gasteiger partial charge in [-0.05, 0) is 5.92 Å². The lowest BCUT2D eigenvalue weighted by atomic mass is 10.1. The molecule has 0 spiro atoms. The largest absolute Gasteiger partial charge is 0.352 e. The van der Waals surface area contributed by atoms with E-state index in [1.54, 1.807) is 7.05 Å². The van der Waals surface area contributed by atoms with Crippen molar-refractivity contribution >= 4 is 5.65 Å². The first-order chi connectivity index (χ1) is 6.61. The predicted molar refractivity (Wildman–Crippen MR) is 50.1 cm³/mol. The van der Waals surface area contributed by atoms with Crippen molar-refractivity contribution in [2.24, 2.45) is 7.05 Å². The fraction of sp³-hybridized carbons (Fsp3) is 0.500. The SMILES string of the molecule is CC(C)c1ncn2c(=O)n(C)nnc12. The standard InChI is InChI=1S/C8H11N5O/c1-5(2)6-7-10-11-12(3)8(14)13(7)4-9-6/h4-5H,1-3H3. The fourth-order valence-corrected chi connectivity index (χ4v) is 1.31. The van der Waals surface area contributed by atoms with E-state index in [1.165, 1.54) is 15.4 Å². The number of fused-ring (bicyclic) bond motifs is 1. The minimum Gasteiger partial charge on any atom is -0.245 e. The van der Waals surface area contributed by atoms with Gasteiger partial charge in [0.1, 0.15) is 6.33 Å². The maximum atomic E-state index is 11.5. The van der Waals surface area contributed by atoms with Crippen molar-refractivity contribution in [3.05, 3.63) is 22.5 Å². The summed E-state index contributed by atoms with van der Waals surface area (Å²) in [6.45, 7) is 4.00. The second-order valence-corrected chi connectivity index (χ2v) is 3.47. The van der Waals surface area contributed by atoms with Crippen molar-refractivity contribution in [2.45, 2.75) is 19.8 Å². The Morgan fingerprint density at radius 2 is 2.14 bits per heavy atom. The molecule has 0 amide bonds. The molecule has 0 aliphatic carbocycles. The van der Waals surface area contributed by atoms with Crippen LogP contribution in [0, 0.1) is 0 Å². The molecule has 6 nitrogen and oxygen atoms in total. The molecular formula is C8H11N5O. The van der Waals surface area contributed by atoms with Gasteiger partial charge >= 0.3 is 5.69 Å². The minimum absolute atomic E-state index is 0.227. The third-order valence-electron chi connectivity index (χ3n) is 2.07. The molecule has 2 aromatic rings. The van der Waals surface area contributed by atoms with Crippen LogP contribution in [0.1, 0.15) is 25.5 Å². The lowest BCUT2D eigenvalue weighted by molar-refractivity contribution is 0.605. The Kier molecular flexibility index (Phi) is 1.83. The van der Waals surface area contributed by atoms with Gasteiger partial charge in [0.15, 0.2) is 5.65 Å². The van der Waals surface area contributed by atoms with Crippen LogP contribution in [-0.2, 0) is 7.05 Å². The highest BCUT2D eigenvalue weighted by atomic mass is 16.2. The second kappa shape index (κ2) is 2.90. The number of rotatable bonds is 1. The molecule has 0 bridgehead atoms. The van der Waals surface area contributed by atoms with Crippen LogP contribution in [0.5, 0.6) is 0 Å². The van der Waals surface area contributed by atoms with E-state index >= 15 is 0 Å². The summed E-state index contributed by atoms with van der Waals surface area (Å²) in [5.74, 6) is 0.237. The molecule has 2 aromatic heterocycles. The van der Waals surface area contributed by atoms with Gasteiger partial charge in [0.25, 0.3) is 0 Å². The van der Waals surface area contributed by atoms with Crippen LogP contribution in [0.15, 0.2) is 11.1 Å². The molecule has 2 rings (SSSR count). The van der Waals surface area contributed by atoms with E-state index < -0.39 is 0 Å². The van der Waals surface area contributed by atoms with Crippen LogP contribution in [-0.4, -0.2) is 24.4 Å². The Hall–Kier alpha value is -1.72. The number of aryl methyl sites for hydroxylation is 1. The third kappa shape index (κ3) is 1.11. The molecule has 6 heteroatoms. The molecule has 0 aliphatic rings. The van der Waals surface area contributed by atoms with Crippen molar-refractivity contribution in [3.8, 4) is 0 Å². The molecule has 0 unspecified atom stereocenters. The summed E-state index contributed by atoms with van der Waals surface area (Å²) in [5.41, 5.74) is 1.12. The first kappa shape index (κ1) is 8.86. The Morgan fingerprint density at radius 3 is 2.79 bits per heavy atom. The van der Waals surface area contributed by atoms with E-state index in [4.69, 9.17) is 0 Å². The van der Waals surface area contributed by atoms with Gasteiger partial charge in [-0.1, -0.05) is 19.1 Å². The van der Waals surface area contributed by atoms with E-state index in [2.05, 4.69) is 15.3 Å². The zero-order valence-electron chi connectivity index (χ0n) is 8.30. The van der Waals surface area contributed by atoms with Gasteiger partial charge in [0.05, 0.1) is 5.69 Å². The average molecular weight is 193 g/mol. The molecule has 14 heavy (non-hydrogen) atoms. The Morgan fingerprint density at radius 1 is 1.43 bits per heavy atom. The molecular weight excluding hydrogens is 182 g/mol. The summed E-state index contributed by atoms with van der Waals surface area (Å²) in [6, 6.07) is 0. The van der Waals surface area contributed by atoms with Crippen molar-refractivity contribution < 1.29 is 0 Å². The molecule has 74 valence electrons. The predicted octanol–water partition coefficient (Wildman–Crippen LogP) is -0.0536. The summed E-state index contributed by atoms with van der Waals surface area (Å²) in [5, 5.41) is 7.65. The van der Waals surface area contributed by atoms with E-state index in [0.717, 1.165) is 5.69 Å². The summed E-state index contributed by atoms with van der Waals surface area (Å²) in [7, 11) is 1.56. The lowest BCUT2D eigenvalue weighted by Gasteiger charge is -1.99. The average Bonchev–Trinajstić information content (AvgIpc) is 2.55. The second-order valence-electron chi connectivity index (χ2n) is 3.47. The quantitative estimate of drug-likeness (QED) is 0.636. The van der Waals surface area contributed by atoms with Gasteiger partial charge < -0.3 is 0 Å². The monoisotopic (exact) mass is 193 g/mol. The summed E-state index contributed by atoms with van der Waals surface area (Å²) >= 11 is 0. The van der Waals surface area contributed by atoms with Crippen molar-refractivity contribution in [1.29, 1.82) is 0 Å². The zero-order valence-corrected chi connectivity index (χ0v) is 8.30. The van der Waals surface area contributed by atoms with E-state index in [0.29, 0.717) is 5.65 Å². The molecule has 0 N–H and O–H groups in total. The first-order valence-electron chi connectivity index (χ1n) is 4.38. The van der Waals surface area contributed by atoms with Crippen LogP contribution in [0.2, 0.25) is 0 Å². The number of aromatic nitrogens is 5. The van der Waals surface area contributed by atoms with E-state index in [1.807, 2.05) is 13.8 Å². The number of hydrogen-bond acceptors (Lipinski definition) is 4. The number of hydrogen-bond donors (Lipinski definition) is 0. The summed E-state index contributed by atoms with van der Waals surface area (Å²) in [4.78, 5) is 15.7. The van der Waals surface area contributed by atoms with Crippen LogP contribution in [0.25, 0.3) is 5.65 Å². The zero-order chi connectivity index (χ0) is 10.3. The molecule has 0 aliphatic heterocycles. The molecule has 0 saturated carbocycles. The Bertz CT molecular complexity index is 524. The minimum atomic E-state index is -0.227. The van der Waals surface area contributed by atoms with Crippen LogP contribution in [0.4, 0.5) is 0 Å². The molecule has 0 aromatic carbocycles. The van der Waals surface area contributed by atoms with Gasteiger partial charge in [-0.15, -0.1) is 5.10 Å². The highest BCUT2D eigenvalue weighted by molar-refractivity contribution is 5.43. The van der Waals surface area contributed by atoms with E-state index in [-0.39, 0.29) is 11.6 Å². The maximum absolute atomic E-state index is 11.5. The number of nitrogens with zero attached hydrogens (tertiary/aromatic N) is 5. The molecule has 0 atom stereocenters. The Balaban J connectivity index is 2.84.